The van der Waals surface area contributed by atoms with E-state index in [1.54, 1.807) is 17.5 Å². The summed E-state index contributed by atoms with van der Waals surface area (Å²) in [6.07, 6.45) is 1.79. The van der Waals surface area contributed by atoms with Crippen LogP contribution < -0.4 is 0 Å². The van der Waals surface area contributed by atoms with E-state index in [9.17, 15) is 10.1 Å². The van der Waals surface area contributed by atoms with Crippen LogP contribution in [0.3, 0.4) is 0 Å². The molecule has 0 spiro atoms. The summed E-state index contributed by atoms with van der Waals surface area (Å²) in [7, 11) is 1.94. The van der Waals surface area contributed by atoms with Crippen molar-refractivity contribution in [2.24, 2.45) is 5.92 Å². The van der Waals surface area contributed by atoms with Crippen LogP contribution in [0.25, 0.3) is 0 Å². The number of likely N-dealkylation sites (N-methyl/N-ethyl adjacent to an activating group) is 1. The van der Waals surface area contributed by atoms with Gasteiger partial charge < -0.3 is 4.90 Å². The van der Waals surface area contributed by atoms with E-state index in [1.807, 2.05) is 22.2 Å². The summed E-state index contributed by atoms with van der Waals surface area (Å²) >= 11 is 1.61. The molecule has 2 heterocycles. The Morgan fingerprint density at radius 1 is 1.43 bits per heavy atom. The molecule has 0 aromatic carbocycles. The van der Waals surface area contributed by atoms with Crippen LogP contribution in [0.2, 0.25) is 0 Å². The summed E-state index contributed by atoms with van der Waals surface area (Å²) in [5.41, 5.74) is 0. The van der Waals surface area contributed by atoms with Gasteiger partial charge in [-0.25, -0.2) is 4.98 Å². The number of carbonyl (C=O) groups is 1. The maximum atomic E-state index is 12.4. The highest BCUT2D eigenvalue weighted by Crippen LogP contribution is 2.14. The van der Waals surface area contributed by atoms with E-state index in [0.717, 1.165) is 18.1 Å². The fourth-order valence-electron chi connectivity index (χ4n) is 2.85. The molecule has 1 saturated heterocycles. The Kier molecular flexibility index (Phi) is 6.51. The molecule has 0 unspecified atom stereocenters. The average Bonchev–Trinajstić information content (AvgIpc) is 3.01. The highest BCUT2D eigenvalue weighted by molar-refractivity contribution is 7.09. The monoisotopic (exact) mass is 335 g/mol. The van der Waals surface area contributed by atoms with Gasteiger partial charge in [-0.1, -0.05) is 13.8 Å². The molecule has 0 radical (unpaired) electrons. The largest absolute Gasteiger partial charge is 0.339 e. The molecule has 0 aliphatic carbocycles. The number of thiazole rings is 1. The Balaban J connectivity index is 1.78. The van der Waals surface area contributed by atoms with Gasteiger partial charge in [0, 0.05) is 37.8 Å². The van der Waals surface area contributed by atoms with Crippen LogP contribution in [-0.4, -0.2) is 71.4 Å². The molecule has 0 bridgehead atoms. The Morgan fingerprint density at radius 3 is 2.65 bits per heavy atom. The number of aromatic nitrogens is 1. The number of amides is 1. The van der Waals surface area contributed by atoms with Crippen molar-refractivity contribution < 1.29 is 4.79 Å². The minimum Gasteiger partial charge on any atom is -0.339 e. The summed E-state index contributed by atoms with van der Waals surface area (Å²) in [4.78, 5) is 22.7. The van der Waals surface area contributed by atoms with Gasteiger partial charge in [-0.15, -0.1) is 11.3 Å². The van der Waals surface area contributed by atoms with Gasteiger partial charge in [0.05, 0.1) is 19.2 Å². The minimum atomic E-state index is -0.0557. The lowest BCUT2D eigenvalue weighted by Gasteiger charge is -2.38. The number of hydrogen-bond donors (Lipinski definition) is 0. The van der Waals surface area contributed by atoms with Gasteiger partial charge >= 0.3 is 0 Å². The van der Waals surface area contributed by atoms with E-state index in [-0.39, 0.29) is 11.9 Å². The molecule has 126 valence electrons. The third kappa shape index (κ3) is 4.99. The second kappa shape index (κ2) is 8.39. The highest BCUT2D eigenvalue weighted by atomic mass is 32.1. The third-order valence-electron chi connectivity index (χ3n) is 4.12. The molecule has 1 aliphatic heterocycles. The summed E-state index contributed by atoms with van der Waals surface area (Å²) in [6.45, 7) is 8.21. The van der Waals surface area contributed by atoms with E-state index in [4.69, 9.17) is 0 Å². The van der Waals surface area contributed by atoms with E-state index in [0.29, 0.717) is 32.1 Å². The SMILES string of the molecule is CC(C)[C@@H](C#N)N1CCN(C(=O)CN(C)Cc2nccs2)CC1. The smallest absolute Gasteiger partial charge is 0.236 e. The van der Waals surface area contributed by atoms with Crippen molar-refractivity contribution in [3.05, 3.63) is 16.6 Å². The molecule has 0 N–H and O–H groups in total. The van der Waals surface area contributed by atoms with Crippen molar-refractivity contribution in [1.82, 2.24) is 19.7 Å². The van der Waals surface area contributed by atoms with E-state index >= 15 is 0 Å². The predicted molar refractivity (Wildman–Crippen MR) is 90.8 cm³/mol. The maximum Gasteiger partial charge on any atom is 0.236 e. The number of hydrogen-bond acceptors (Lipinski definition) is 6. The first-order chi connectivity index (χ1) is 11.0. The molecule has 1 aromatic rings. The van der Waals surface area contributed by atoms with Crippen molar-refractivity contribution in [3.63, 3.8) is 0 Å². The van der Waals surface area contributed by atoms with Gasteiger partial charge in [0.15, 0.2) is 0 Å². The van der Waals surface area contributed by atoms with Crippen LogP contribution in [-0.2, 0) is 11.3 Å². The van der Waals surface area contributed by atoms with Crippen LogP contribution in [0.1, 0.15) is 18.9 Å². The standard InChI is InChI=1S/C16H25N5OS/c1-13(2)14(10-17)20-5-7-21(8-6-20)16(22)12-19(3)11-15-18-4-9-23-15/h4,9,13-14H,5-8,11-12H2,1-3H3/t14-/m1/s1. The lowest BCUT2D eigenvalue weighted by Crippen LogP contribution is -2.54. The molecule has 0 saturated carbocycles. The zero-order valence-corrected chi connectivity index (χ0v) is 14.9. The average molecular weight is 335 g/mol. The lowest BCUT2D eigenvalue weighted by molar-refractivity contribution is -0.134. The van der Waals surface area contributed by atoms with E-state index < -0.39 is 0 Å². The molecule has 23 heavy (non-hydrogen) atoms. The zero-order chi connectivity index (χ0) is 16.8. The van der Waals surface area contributed by atoms with Gasteiger partial charge in [0.25, 0.3) is 0 Å². The molecule has 6 nitrogen and oxygen atoms in total. The van der Waals surface area contributed by atoms with Crippen molar-refractivity contribution in [2.75, 3.05) is 39.8 Å². The number of piperazine rings is 1. The fraction of sp³-hybridized carbons (Fsp3) is 0.688. The molecule has 1 atom stereocenters. The van der Waals surface area contributed by atoms with Gasteiger partial charge in [0.1, 0.15) is 11.0 Å². The van der Waals surface area contributed by atoms with Crippen molar-refractivity contribution in [1.29, 1.82) is 5.26 Å². The second-order valence-electron chi connectivity index (χ2n) is 6.33. The van der Waals surface area contributed by atoms with Gasteiger partial charge in [-0.3, -0.25) is 14.6 Å². The van der Waals surface area contributed by atoms with E-state index in [2.05, 4.69) is 29.8 Å². The van der Waals surface area contributed by atoms with Crippen LogP contribution in [0.5, 0.6) is 0 Å². The number of nitrogens with zero attached hydrogens (tertiary/aromatic N) is 5. The molecule has 1 fully saturated rings. The predicted octanol–water partition coefficient (Wildman–Crippen LogP) is 1.27. The lowest BCUT2D eigenvalue weighted by atomic mass is 10.0. The van der Waals surface area contributed by atoms with Gasteiger partial charge in [-0.05, 0) is 13.0 Å². The fourth-order valence-corrected chi connectivity index (χ4v) is 3.55. The number of rotatable bonds is 6. The van der Waals surface area contributed by atoms with Crippen LogP contribution in [0.15, 0.2) is 11.6 Å². The Morgan fingerprint density at radius 2 is 2.13 bits per heavy atom. The summed E-state index contributed by atoms with van der Waals surface area (Å²) in [5.74, 6) is 0.466. The topological polar surface area (TPSA) is 63.5 Å². The number of nitriles is 1. The maximum absolute atomic E-state index is 12.4. The van der Waals surface area contributed by atoms with Crippen LogP contribution in [0.4, 0.5) is 0 Å². The summed E-state index contributed by atoms with van der Waals surface area (Å²) in [5, 5.41) is 12.3. The zero-order valence-electron chi connectivity index (χ0n) is 14.1. The molecule has 1 amide bonds. The molecule has 2 rings (SSSR count). The summed E-state index contributed by atoms with van der Waals surface area (Å²) in [6, 6.07) is 2.32. The Hall–Kier alpha value is -1.49. The summed E-state index contributed by atoms with van der Waals surface area (Å²) < 4.78 is 0. The van der Waals surface area contributed by atoms with Crippen molar-refractivity contribution in [2.45, 2.75) is 26.4 Å². The second-order valence-corrected chi connectivity index (χ2v) is 7.31. The Labute approximate surface area is 142 Å². The first-order valence-electron chi connectivity index (χ1n) is 7.99. The van der Waals surface area contributed by atoms with E-state index in [1.165, 1.54) is 0 Å². The van der Waals surface area contributed by atoms with Crippen molar-refractivity contribution >= 4 is 17.2 Å². The third-order valence-corrected chi connectivity index (χ3v) is 4.88. The molecule has 1 aliphatic rings. The molecule has 1 aromatic heterocycles. The first-order valence-corrected chi connectivity index (χ1v) is 8.87. The van der Waals surface area contributed by atoms with Gasteiger partial charge in [0.2, 0.25) is 5.91 Å². The quantitative estimate of drug-likeness (QED) is 0.783. The minimum absolute atomic E-state index is 0.0557. The number of carbonyl (C=O) groups excluding carboxylic acids is 1. The van der Waals surface area contributed by atoms with Crippen molar-refractivity contribution in [3.8, 4) is 6.07 Å². The van der Waals surface area contributed by atoms with Crippen LogP contribution in [0, 0.1) is 17.2 Å². The highest BCUT2D eigenvalue weighted by Gasteiger charge is 2.27. The van der Waals surface area contributed by atoms with Gasteiger partial charge in [-0.2, -0.15) is 5.26 Å². The normalized spacial score (nSPS) is 17.5. The Bertz CT molecular complexity index is 531. The molecular weight excluding hydrogens is 310 g/mol. The molecule has 7 heteroatoms. The van der Waals surface area contributed by atoms with Crippen LogP contribution >= 0.6 is 11.3 Å². The molecular formula is C16H25N5OS. The first kappa shape index (κ1) is 17.9.